The molecule has 2 aliphatic rings. The van der Waals surface area contributed by atoms with Gasteiger partial charge in [0.2, 0.25) is 5.91 Å². The molecule has 1 aromatic heterocycles. The number of amides is 1. The topological polar surface area (TPSA) is 90.5 Å². The van der Waals surface area contributed by atoms with Crippen LogP contribution in [0.15, 0.2) is 41.2 Å². The second-order valence-electron chi connectivity index (χ2n) is 8.50. The Kier molecular flexibility index (Phi) is 6.51. The Labute approximate surface area is 191 Å². The molecule has 1 aromatic carbocycles. The third kappa shape index (κ3) is 4.80. The molecule has 1 amide bonds. The Balaban J connectivity index is 1.74. The molecule has 1 aliphatic heterocycles. The van der Waals surface area contributed by atoms with Crippen molar-refractivity contribution in [2.75, 3.05) is 6.54 Å². The summed E-state index contributed by atoms with van der Waals surface area (Å²) in [5.74, 6) is -0.386. The predicted molar refractivity (Wildman–Crippen MR) is 124 cm³/mol. The van der Waals surface area contributed by atoms with E-state index in [1.807, 2.05) is 48.2 Å². The van der Waals surface area contributed by atoms with Crippen LogP contribution in [0.1, 0.15) is 67.3 Å². The van der Waals surface area contributed by atoms with Gasteiger partial charge in [-0.3, -0.25) is 14.4 Å². The number of hydrogen-bond acceptors (Lipinski definition) is 3. The average Bonchev–Trinajstić information content (AvgIpc) is 3.53. The molecule has 2 aromatic rings. The molecule has 0 unspecified atom stereocenters. The first kappa shape index (κ1) is 22.3. The number of benzene rings is 1. The zero-order chi connectivity index (χ0) is 22.8. The lowest BCUT2D eigenvalue weighted by Crippen LogP contribution is -2.31. The van der Waals surface area contributed by atoms with Crippen LogP contribution in [-0.2, 0) is 16.0 Å². The van der Waals surface area contributed by atoms with E-state index in [4.69, 9.17) is 16.7 Å². The fraction of sp³-hybridized carbons (Fsp3) is 0.400. The molecule has 2 N–H and O–H groups in total. The molecule has 4 rings (SSSR count). The highest BCUT2D eigenvalue weighted by molar-refractivity contribution is 6.31. The van der Waals surface area contributed by atoms with Crippen molar-refractivity contribution in [3.05, 3.63) is 74.2 Å². The van der Waals surface area contributed by atoms with Crippen molar-refractivity contribution in [2.45, 2.75) is 57.4 Å². The molecule has 0 bridgehead atoms. The van der Waals surface area contributed by atoms with Crippen LogP contribution in [0.5, 0.6) is 0 Å². The average molecular weight is 455 g/mol. The van der Waals surface area contributed by atoms with E-state index in [0.29, 0.717) is 36.0 Å². The fourth-order valence-corrected chi connectivity index (χ4v) is 4.67. The number of aliphatic carboxylic acids is 1. The second kappa shape index (κ2) is 9.33. The first-order chi connectivity index (χ1) is 15.4. The largest absolute Gasteiger partial charge is 0.481 e. The molecule has 0 radical (unpaired) electrons. The number of aryl methyl sites for hydroxylation is 1. The number of carboxylic acids is 1. The van der Waals surface area contributed by atoms with Crippen molar-refractivity contribution in [1.29, 1.82) is 0 Å². The van der Waals surface area contributed by atoms with Gasteiger partial charge in [0.15, 0.2) is 0 Å². The standard InChI is InChI=1S/C25H27ClN2O4/c1-2-28-18(8-11-23(28)29)14-20(22-10-9-19(15-3-4-15)25(32)27-22)17-6-5-16(21(26)13-17)7-12-24(30)31/h5-6,9-10,13-15,18H,2-4,7-8,11-12H2,1H3,(H,27,32)(H,30,31)/b20-14+/t18-/m1/s1. The van der Waals surface area contributed by atoms with Gasteiger partial charge in [0.1, 0.15) is 0 Å². The monoisotopic (exact) mass is 454 g/mol. The summed E-state index contributed by atoms with van der Waals surface area (Å²) in [5.41, 5.74) is 3.83. The van der Waals surface area contributed by atoms with E-state index >= 15 is 0 Å². The normalized spacial score (nSPS) is 18.9. The smallest absolute Gasteiger partial charge is 0.303 e. The number of nitrogens with zero attached hydrogens (tertiary/aromatic N) is 1. The highest BCUT2D eigenvalue weighted by Gasteiger charge is 2.29. The minimum atomic E-state index is -0.871. The van der Waals surface area contributed by atoms with Gasteiger partial charge in [0, 0.05) is 41.2 Å². The number of halogens is 1. The molecule has 7 heteroatoms. The molecule has 6 nitrogen and oxygen atoms in total. The van der Waals surface area contributed by atoms with Crippen LogP contribution in [0.3, 0.4) is 0 Å². The number of aromatic amines is 1. The molecule has 1 saturated heterocycles. The van der Waals surface area contributed by atoms with Crippen molar-refractivity contribution in [2.24, 2.45) is 0 Å². The number of carboxylic acid groups (broad SMARTS) is 1. The molecule has 2 heterocycles. The number of hydrogen-bond donors (Lipinski definition) is 2. The molecule has 1 aliphatic carbocycles. The molecule has 32 heavy (non-hydrogen) atoms. The zero-order valence-corrected chi connectivity index (χ0v) is 18.8. The van der Waals surface area contributed by atoms with Gasteiger partial charge in [-0.1, -0.05) is 35.9 Å². The summed E-state index contributed by atoms with van der Waals surface area (Å²) in [5, 5.41) is 9.45. The summed E-state index contributed by atoms with van der Waals surface area (Å²) in [7, 11) is 0. The van der Waals surface area contributed by atoms with E-state index in [9.17, 15) is 14.4 Å². The van der Waals surface area contributed by atoms with Gasteiger partial charge in [-0.15, -0.1) is 0 Å². The third-order valence-electron chi connectivity index (χ3n) is 6.29. The van der Waals surface area contributed by atoms with Gasteiger partial charge in [0.05, 0.1) is 6.04 Å². The van der Waals surface area contributed by atoms with Crippen LogP contribution in [0, 0.1) is 0 Å². The molecular weight excluding hydrogens is 428 g/mol. The summed E-state index contributed by atoms with van der Waals surface area (Å²) in [6, 6.07) is 9.32. The molecule has 1 atom stereocenters. The number of carbonyl (C=O) groups is 2. The SMILES string of the molecule is CCN1C(=O)CC[C@@H]1/C=C(\c1ccc(CCC(=O)O)c(Cl)c1)c1ccc(C2CC2)c(=O)[nH]1. The maximum atomic E-state index is 12.7. The first-order valence-electron chi connectivity index (χ1n) is 11.1. The van der Waals surface area contributed by atoms with E-state index in [0.717, 1.165) is 41.5 Å². The fourth-order valence-electron chi connectivity index (χ4n) is 4.39. The van der Waals surface area contributed by atoms with Crippen molar-refractivity contribution < 1.29 is 14.7 Å². The number of likely N-dealkylation sites (tertiary alicyclic amines) is 1. The van der Waals surface area contributed by atoms with Crippen LogP contribution >= 0.6 is 11.6 Å². The number of pyridine rings is 1. The Morgan fingerprint density at radius 3 is 2.62 bits per heavy atom. The summed E-state index contributed by atoms with van der Waals surface area (Å²) in [6.45, 7) is 2.59. The molecule has 0 spiro atoms. The Bertz CT molecular complexity index is 1130. The van der Waals surface area contributed by atoms with Crippen molar-refractivity contribution >= 4 is 29.1 Å². The number of rotatable bonds is 8. The third-order valence-corrected chi connectivity index (χ3v) is 6.65. The summed E-state index contributed by atoms with van der Waals surface area (Å²) in [6.07, 6.45) is 5.73. The quantitative estimate of drug-likeness (QED) is 0.619. The predicted octanol–water partition coefficient (Wildman–Crippen LogP) is 4.37. The Morgan fingerprint density at radius 2 is 2.00 bits per heavy atom. The van der Waals surface area contributed by atoms with Crippen LogP contribution in [-0.4, -0.2) is 39.5 Å². The maximum Gasteiger partial charge on any atom is 0.303 e. The van der Waals surface area contributed by atoms with E-state index in [-0.39, 0.29) is 23.9 Å². The lowest BCUT2D eigenvalue weighted by Gasteiger charge is -2.22. The Hall–Kier alpha value is -2.86. The Morgan fingerprint density at radius 1 is 1.22 bits per heavy atom. The van der Waals surface area contributed by atoms with E-state index in [1.54, 1.807) is 0 Å². The van der Waals surface area contributed by atoms with Gasteiger partial charge in [0.25, 0.3) is 5.56 Å². The summed E-state index contributed by atoms with van der Waals surface area (Å²) >= 11 is 6.49. The highest BCUT2D eigenvalue weighted by Crippen LogP contribution is 2.38. The van der Waals surface area contributed by atoms with Crippen LogP contribution in [0.4, 0.5) is 0 Å². The number of nitrogens with one attached hydrogen (secondary N) is 1. The lowest BCUT2D eigenvalue weighted by molar-refractivity contribution is -0.137. The van der Waals surface area contributed by atoms with Crippen molar-refractivity contribution in [3.8, 4) is 0 Å². The molecule has 168 valence electrons. The minimum Gasteiger partial charge on any atom is -0.481 e. The zero-order valence-electron chi connectivity index (χ0n) is 18.1. The maximum absolute atomic E-state index is 12.7. The van der Waals surface area contributed by atoms with Gasteiger partial charge >= 0.3 is 5.97 Å². The van der Waals surface area contributed by atoms with Crippen molar-refractivity contribution in [1.82, 2.24) is 9.88 Å². The van der Waals surface area contributed by atoms with E-state index < -0.39 is 5.97 Å². The van der Waals surface area contributed by atoms with Crippen LogP contribution in [0.2, 0.25) is 5.02 Å². The second-order valence-corrected chi connectivity index (χ2v) is 8.90. The molecular formula is C25H27ClN2O4. The van der Waals surface area contributed by atoms with Gasteiger partial charge in [-0.25, -0.2) is 0 Å². The number of aromatic nitrogens is 1. The summed E-state index contributed by atoms with van der Waals surface area (Å²) in [4.78, 5) is 40.8. The van der Waals surface area contributed by atoms with E-state index in [1.165, 1.54) is 0 Å². The minimum absolute atomic E-state index is 0.00730. The van der Waals surface area contributed by atoms with Crippen LogP contribution in [0.25, 0.3) is 5.57 Å². The highest BCUT2D eigenvalue weighted by atomic mass is 35.5. The van der Waals surface area contributed by atoms with Crippen LogP contribution < -0.4 is 5.56 Å². The summed E-state index contributed by atoms with van der Waals surface area (Å²) < 4.78 is 0. The van der Waals surface area contributed by atoms with Gasteiger partial charge < -0.3 is 15.0 Å². The van der Waals surface area contributed by atoms with Gasteiger partial charge in [-0.2, -0.15) is 0 Å². The molecule has 1 saturated carbocycles. The lowest BCUT2D eigenvalue weighted by atomic mass is 9.96. The molecule has 2 fully saturated rings. The first-order valence-corrected chi connectivity index (χ1v) is 11.5. The number of likely N-dealkylation sites (N-methyl/N-ethyl adjacent to an activating group) is 1. The van der Waals surface area contributed by atoms with Crippen molar-refractivity contribution in [3.63, 3.8) is 0 Å². The number of H-pyrrole nitrogens is 1. The van der Waals surface area contributed by atoms with Gasteiger partial charge in [-0.05, 0) is 61.8 Å². The van der Waals surface area contributed by atoms with E-state index in [2.05, 4.69) is 4.98 Å². The number of carbonyl (C=O) groups excluding carboxylic acids is 1.